The largest absolute Gasteiger partial charge is 0.490 e. The number of benzene rings is 2. The van der Waals surface area contributed by atoms with Crippen LogP contribution in [0.1, 0.15) is 29.4 Å². The molecule has 7 heteroatoms. The number of furan rings is 1. The van der Waals surface area contributed by atoms with E-state index in [0.717, 1.165) is 11.1 Å². The summed E-state index contributed by atoms with van der Waals surface area (Å²) in [6, 6.07) is 15.2. The van der Waals surface area contributed by atoms with Crippen LogP contribution >= 0.6 is 15.9 Å². The Kier molecular flexibility index (Phi) is 6.23. The molecule has 0 unspecified atom stereocenters. The van der Waals surface area contributed by atoms with E-state index in [1.54, 1.807) is 24.3 Å². The van der Waals surface area contributed by atoms with Crippen LogP contribution in [0.15, 0.2) is 74.4 Å². The zero-order valence-electron chi connectivity index (χ0n) is 17.1. The molecule has 0 bridgehead atoms. The Bertz CT molecular complexity index is 1160. The van der Waals surface area contributed by atoms with Crippen LogP contribution in [0.25, 0.3) is 6.08 Å². The van der Waals surface area contributed by atoms with Gasteiger partial charge in [0.2, 0.25) is 0 Å². The average molecular weight is 482 g/mol. The predicted molar refractivity (Wildman–Crippen MR) is 120 cm³/mol. The van der Waals surface area contributed by atoms with Gasteiger partial charge in [-0.3, -0.25) is 0 Å². The van der Waals surface area contributed by atoms with Crippen molar-refractivity contribution in [3.05, 3.63) is 87.4 Å². The molecule has 0 saturated heterocycles. The summed E-state index contributed by atoms with van der Waals surface area (Å²) in [7, 11) is 0. The maximum atomic E-state index is 12.2. The molecular formula is C24H20BrNO5. The van der Waals surface area contributed by atoms with Crippen molar-refractivity contribution in [3.63, 3.8) is 0 Å². The van der Waals surface area contributed by atoms with E-state index < -0.39 is 5.97 Å². The van der Waals surface area contributed by atoms with Crippen LogP contribution in [0, 0.1) is 6.92 Å². The lowest BCUT2D eigenvalue weighted by molar-refractivity contribution is -0.130. The average Bonchev–Trinajstić information content (AvgIpc) is 3.38. The number of cyclic esters (lactones) is 1. The molecule has 4 rings (SSSR count). The van der Waals surface area contributed by atoms with Crippen molar-refractivity contribution in [1.29, 1.82) is 0 Å². The molecule has 0 saturated carbocycles. The molecule has 0 N–H and O–H groups in total. The number of hydrogen-bond acceptors (Lipinski definition) is 6. The van der Waals surface area contributed by atoms with Crippen LogP contribution in [0.5, 0.6) is 11.5 Å². The van der Waals surface area contributed by atoms with E-state index in [9.17, 15) is 4.79 Å². The molecule has 0 spiro atoms. The standard InChI is InChI=1S/C24H20BrNO5/c1-3-28-21-13-17(12-19-24(27)31-23(26-19)20-8-5-9-29-20)11-18(25)22(21)30-14-16-7-4-6-15(2)10-16/h4-13H,3,14H2,1-2H3/b19-12-. The highest BCUT2D eigenvalue weighted by Crippen LogP contribution is 2.38. The number of halogens is 1. The topological polar surface area (TPSA) is 70.3 Å². The van der Waals surface area contributed by atoms with E-state index in [0.29, 0.717) is 34.9 Å². The van der Waals surface area contributed by atoms with Gasteiger partial charge in [-0.05, 0) is 71.2 Å². The second kappa shape index (κ2) is 9.22. The number of carbonyl (C=O) groups is 1. The van der Waals surface area contributed by atoms with Gasteiger partial charge in [0.15, 0.2) is 23.0 Å². The van der Waals surface area contributed by atoms with Crippen LogP contribution in [0.4, 0.5) is 0 Å². The van der Waals surface area contributed by atoms with Crippen molar-refractivity contribution in [1.82, 2.24) is 0 Å². The summed E-state index contributed by atoms with van der Waals surface area (Å²) in [5.41, 5.74) is 3.13. The fourth-order valence-corrected chi connectivity index (χ4v) is 3.68. The summed E-state index contributed by atoms with van der Waals surface area (Å²) in [6.07, 6.45) is 3.13. The smallest absolute Gasteiger partial charge is 0.363 e. The Balaban J connectivity index is 1.61. The molecule has 0 atom stereocenters. The lowest BCUT2D eigenvalue weighted by atomic mass is 10.1. The zero-order chi connectivity index (χ0) is 21.8. The van der Waals surface area contributed by atoms with Gasteiger partial charge in [0, 0.05) is 0 Å². The van der Waals surface area contributed by atoms with Crippen molar-refractivity contribution in [2.75, 3.05) is 6.61 Å². The van der Waals surface area contributed by atoms with Gasteiger partial charge in [-0.25, -0.2) is 9.79 Å². The minimum atomic E-state index is -0.541. The van der Waals surface area contributed by atoms with Gasteiger partial charge < -0.3 is 18.6 Å². The molecule has 31 heavy (non-hydrogen) atoms. The van der Waals surface area contributed by atoms with E-state index in [-0.39, 0.29) is 11.6 Å². The number of nitrogens with zero attached hydrogens (tertiary/aromatic N) is 1. The minimum absolute atomic E-state index is 0.142. The molecule has 0 radical (unpaired) electrons. The summed E-state index contributed by atoms with van der Waals surface area (Å²) >= 11 is 3.56. The summed E-state index contributed by atoms with van der Waals surface area (Å²) in [5, 5.41) is 0. The van der Waals surface area contributed by atoms with Crippen molar-refractivity contribution < 1.29 is 23.4 Å². The van der Waals surface area contributed by atoms with E-state index in [1.807, 2.05) is 38.1 Å². The van der Waals surface area contributed by atoms with Crippen LogP contribution in [0.3, 0.4) is 0 Å². The third-order valence-electron chi connectivity index (χ3n) is 4.45. The maximum Gasteiger partial charge on any atom is 0.363 e. The van der Waals surface area contributed by atoms with Gasteiger partial charge >= 0.3 is 5.97 Å². The van der Waals surface area contributed by atoms with Crippen LogP contribution in [-0.4, -0.2) is 18.5 Å². The van der Waals surface area contributed by atoms with Crippen molar-refractivity contribution in [3.8, 4) is 11.5 Å². The number of esters is 1. The predicted octanol–water partition coefficient (Wildman–Crippen LogP) is 5.67. The third kappa shape index (κ3) is 4.88. The van der Waals surface area contributed by atoms with E-state index in [1.165, 1.54) is 11.8 Å². The Morgan fingerprint density at radius 2 is 2.00 bits per heavy atom. The van der Waals surface area contributed by atoms with Crippen molar-refractivity contribution in [2.45, 2.75) is 20.5 Å². The highest BCUT2D eigenvalue weighted by molar-refractivity contribution is 9.10. The summed E-state index contributed by atoms with van der Waals surface area (Å²) < 4.78 is 23.0. The van der Waals surface area contributed by atoms with Crippen molar-refractivity contribution in [2.24, 2.45) is 4.99 Å². The zero-order valence-corrected chi connectivity index (χ0v) is 18.6. The van der Waals surface area contributed by atoms with Gasteiger partial charge in [-0.15, -0.1) is 0 Å². The quantitative estimate of drug-likeness (QED) is 0.321. The molecule has 1 aliphatic heterocycles. The highest BCUT2D eigenvalue weighted by atomic mass is 79.9. The first-order chi connectivity index (χ1) is 15.0. The second-order valence-electron chi connectivity index (χ2n) is 6.85. The van der Waals surface area contributed by atoms with Gasteiger partial charge in [-0.2, -0.15) is 0 Å². The summed E-state index contributed by atoms with van der Waals surface area (Å²) in [6.45, 7) is 4.82. The number of aliphatic imine (C=N–C) groups is 1. The Morgan fingerprint density at radius 3 is 2.74 bits per heavy atom. The molecular weight excluding hydrogens is 462 g/mol. The molecule has 2 heterocycles. The van der Waals surface area contributed by atoms with Gasteiger partial charge in [0.1, 0.15) is 6.61 Å². The minimum Gasteiger partial charge on any atom is -0.490 e. The SMILES string of the molecule is CCOc1cc(/C=C2\N=C(c3ccco3)OC2=O)cc(Br)c1OCc1cccc(C)c1. The fraction of sp³-hybridized carbons (Fsp3) is 0.167. The second-order valence-corrected chi connectivity index (χ2v) is 7.71. The normalized spacial score (nSPS) is 14.5. The monoisotopic (exact) mass is 481 g/mol. The molecule has 1 aliphatic rings. The lowest BCUT2D eigenvalue weighted by Crippen LogP contribution is -2.04. The molecule has 0 aliphatic carbocycles. The van der Waals surface area contributed by atoms with Crippen molar-refractivity contribution >= 4 is 33.9 Å². The van der Waals surface area contributed by atoms with E-state index in [4.69, 9.17) is 18.6 Å². The van der Waals surface area contributed by atoms with E-state index >= 15 is 0 Å². The lowest BCUT2D eigenvalue weighted by Gasteiger charge is -2.15. The number of rotatable bonds is 7. The number of hydrogen-bond donors (Lipinski definition) is 0. The Morgan fingerprint density at radius 1 is 1.13 bits per heavy atom. The number of ether oxygens (including phenoxy) is 3. The molecule has 3 aromatic rings. The fourth-order valence-electron chi connectivity index (χ4n) is 3.10. The van der Waals surface area contributed by atoms with Gasteiger partial charge in [0.05, 0.1) is 17.3 Å². The highest BCUT2D eigenvalue weighted by Gasteiger charge is 2.26. The number of aryl methyl sites for hydroxylation is 1. The van der Waals surface area contributed by atoms with Crippen LogP contribution in [0.2, 0.25) is 0 Å². The van der Waals surface area contributed by atoms with Gasteiger partial charge in [0.25, 0.3) is 5.90 Å². The molecule has 0 fully saturated rings. The van der Waals surface area contributed by atoms with Gasteiger partial charge in [-0.1, -0.05) is 29.8 Å². The first-order valence-corrected chi connectivity index (χ1v) is 10.5. The summed E-state index contributed by atoms with van der Waals surface area (Å²) in [5.74, 6) is 1.16. The Hall–Kier alpha value is -3.32. The molecule has 6 nitrogen and oxygen atoms in total. The van der Waals surface area contributed by atoms with E-state index in [2.05, 4.69) is 27.0 Å². The van der Waals surface area contributed by atoms with Crippen LogP contribution < -0.4 is 9.47 Å². The first kappa shape index (κ1) is 20.9. The molecule has 1 aromatic heterocycles. The maximum absolute atomic E-state index is 12.2. The number of carbonyl (C=O) groups excluding carboxylic acids is 1. The molecule has 2 aromatic carbocycles. The summed E-state index contributed by atoms with van der Waals surface area (Å²) in [4.78, 5) is 16.5. The van der Waals surface area contributed by atoms with Crippen LogP contribution in [-0.2, 0) is 16.1 Å². The molecule has 158 valence electrons. The Labute approximate surface area is 188 Å². The molecule has 0 amide bonds. The first-order valence-electron chi connectivity index (χ1n) is 9.74. The third-order valence-corrected chi connectivity index (χ3v) is 5.04.